The maximum absolute atomic E-state index is 13.9. The number of thiazole rings is 1. The minimum atomic E-state index is -0.896. The molecule has 3 unspecified atom stereocenters. The number of aromatic nitrogens is 1. The first kappa shape index (κ1) is 26.8. The van der Waals surface area contributed by atoms with E-state index in [0.717, 1.165) is 28.0 Å². The Morgan fingerprint density at radius 3 is 2.23 bits per heavy atom. The summed E-state index contributed by atoms with van der Waals surface area (Å²) in [4.78, 5) is 66.0. The smallest absolute Gasteiger partial charge is 0.338 e. The number of nitrogens with zero attached hydrogens (tertiary/aromatic N) is 2. The third kappa shape index (κ3) is 4.78. The molecule has 0 bridgehead atoms. The number of esters is 2. The minimum absolute atomic E-state index is 0.146. The molecule has 1 aromatic heterocycles. The summed E-state index contributed by atoms with van der Waals surface area (Å²) in [5.74, 6) is -4.14. The second-order valence-corrected chi connectivity index (χ2v) is 10.9. The first-order valence-corrected chi connectivity index (χ1v) is 13.9. The second kappa shape index (κ2) is 10.8. The van der Waals surface area contributed by atoms with Crippen molar-refractivity contribution in [2.24, 2.45) is 5.92 Å². The predicted molar refractivity (Wildman–Crippen MR) is 141 cm³/mol. The molecule has 0 saturated carbocycles. The van der Waals surface area contributed by atoms with Crippen molar-refractivity contribution in [3.8, 4) is 0 Å². The zero-order valence-electron chi connectivity index (χ0n) is 20.9. The molecule has 9 nitrogen and oxygen atoms in total. The van der Waals surface area contributed by atoms with Crippen molar-refractivity contribution in [3.05, 3.63) is 80.0 Å². The molecule has 1 saturated heterocycles. The molecule has 2 aliphatic rings. The Bertz CT molecular complexity index is 1510. The second-order valence-electron chi connectivity index (χ2n) is 8.80. The van der Waals surface area contributed by atoms with Gasteiger partial charge in [-0.1, -0.05) is 35.2 Å². The molecule has 5 rings (SSSR count). The summed E-state index contributed by atoms with van der Waals surface area (Å²) in [7, 11) is 0. The first-order chi connectivity index (χ1) is 18.7. The van der Waals surface area contributed by atoms with Gasteiger partial charge in [0, 0.05) is 10.8 Å². The van der Waals surface area contributed by atoms with E-state index in [0.29, 0.717) is 15.5 Å². The molecule has 2 aromatic carbocycles. The minimum Gasteiger partial charge on any atom is -0.465 e. The quantitative estimate of drug-likeness (QED) is 0.313. The Kier molecular flexibility index (Phi) is 7.41. The van der Waals surface area contributed by atoms with Crippen LogP contribution in [0, 0.1) is 11.7 Å². The Morgan fingerprint density at radius 2 is 1.59 bits per heavy atom. The fourth-order valence-corrected chi connectivity index (χ4v) is 7.61. The molecule has 0 aliphatic carbocycles. The summed E-state index contributed by atoms with van der Waals surface area (Å²) >= 11 is 1.96. The van der Waals surface area contributed by atoms with Gasteiger partial charge in [0.2, 0.25) is 11.8 Å². The number of benzene rings is 2. The zero-order valence-corrected chi connectivity index (χ0v) is 22.6. The molecule has 3 atom stereocenters. The molecule has 3 heterocycles. The SMILES string of the molecule is CCOC(=O)Cn1c2c(sc1=O)C(c1ccc(F)cc1)C1C(=O)N(c3ccc(C(=O)OCC)cc3)C(=O)C1S2. The van der Waals surface area contributed by atoms with Crippen molar-refractivity contribution < 1.29 is 33.0 Å². The number of fused-ring (bicyclic) bond motifs is 2. The van der Waals surface area contributed by atoms with Crippen LogP contribution in [-0.4, -0.2) is 46.8 Å². The van der Waals surface area contributed by atoms with Gasteiger partial charge in [-0.2, -0.15) is 0 Å². The van der Waals surface area contributed by atoms with Crippen molar-refractivity contribution in [2.75, 3.05) is 18.1 Å². The van der Waals surface area contributed by atoms with Gasteiger partial charge < -0.3 is 9.47 Å². The number of thioether (sulfide) groups is 1. The molecule has 0 radical (unpaired) electrons. The normalized spacial score (nSPS) is 20.0. The first-order valence-electron chi connectivity index (χ1n) is 12.2. The van der Waals surface area contributed by atoms with Crippen molar-refractivity contribution in [2.45, 2.75) is 36.6 Å². The highest BCUT2D eigenvalue weighted by molar-refractivity contribution is 8.00. The van der Waals surface area contributed by atoms with Crippen LogP contribution in [0.3, 0.4) is 0 Å². The summed E-state index contributed by atoms with van der Waals surface area (Å²) in [6, 6.07) is 11.6. The molecule has 2 amide bonds. The van der Waals surface area contributed by atoms with Crippen LogP contribution in [0.15, 0.2) is 58.4 Å². The van der Waals surface area contributed by atoms with Crippen LogP contribution in [0.4, 0.5) is 10.1 Å². The molecule has 0 spiro atoms. The molecule has 39 heavy (non-hydrogen) atoms. The summed E-state index contributed by atoms with van der Waals surface area (Å²) in [6.07, 6.45) is 0. The monoisotopic (exact) mass is 570 g/mol. The lowest BCUT2D eigenvalue weighted by Gasteiger charge is -2.30. The number of hydrogen-bond acceptors (Lipinski definition) is 9. The molecule has 3 aromatic rings. The number of halogens is 1. The van der Waals surface area contributed by atoms with E-state index in [1.54, 1.807) is 13.8 Å². The van der Waals surface area contributed by atoms with E-state index >= 15 is 0 Å². The molecule has 202 valence electrons. The van der Waals surface area contributed by atoms with Gasteiger partial charge in [0.15, 0.2) is 0 Å². The topological polar surface area (TPSA) is 112 Å². The van der Waals surface area contributed by atoms with E-state index in [4.69, 9.17) is 9.47 Å². The van der Waals surface area contributed by atoms with Crippen molar-refractivity contribution >= 4 is 52.5 Å². The van der Waals surface area contributed by atoms with Gasteiger partial charge >= 0.3 is 16.8 Å². The van der Waals surface area contributed by atoms with Gasteiger partial charge in [-0.15, -0.1) is 0 Å². The van der Waals surface area contributed by atoms with Gasteiger partial charge in [-0.25, -0.2) is 14.1 Å². The van der Waals surface area contributed by atoms with Gasteiger partial charge in [0.05, 0.1) is 35.4 Å². The largest absolute Gasteiger partial charge is 0.465 e. The molecule has 2 aliphatic heterocycles. The van der Waals surface area contributed by atoms with E-state index in [-0.39, 0.29) is 31.0 Å². The highest BCUT2D eigenvalue weighted by atomic mass is 32.2. The van der Waals surface area contributed by atoms with E-state index in [2.05, 4.69) is 0 Å². The van der Waals surface area contributed by atoms with Gasteiger partial charge in [-0.3, -0.25) is 23.7 Å². The third-order valence-electron chi connectivity index (χ3n) is 6.51. The number of carbonyl (C=O) groups excluding carboxylic acids is 4. The van der Waals surface area contributed by atoms with Crippen LogP contribution in [0.25, 0.3) is 0 Å². The summed E-state index contributed by atoms with van der Waals surface area (Å²) in [5.41, 5.74) is 1.14. The van der Waals surface area contributed by atoms with Gasteiger partial charge in [-0.05, 0) is 55.8 Å². The maximum atomic E-state index is 13.9. The van der Waals surface area contributed by atoms with Crippen molar-refractivity contribution in [1.82, 2.24) is 4.57 Å². The molecule has 12 heteroatoms. The molecular weight excluding hydrogens is 547 g/mol. The van der Waals surface area contributed by atoms with E-state index < -0.39 is 51.5 Å². The van der Waals surface area contributed by atoms with Gasteiger partial charge in [0.25, 0.3) is 0 Å². The Hall–Kier alpha value is -3.77. The summed E-state index contributed by atoms with van der Waals surface area (Å²) in [5, 5.41) is -0.485. The standard InChI is InChI=1S/C27H23FN2O7S2/c1-3-36-18(31)13-29-25-22(39-27(29)35)19(14-5-9-16(28)10-6-14)20-21(38-25)24(33)30(23(20)32)17-11-7-15(8-12-17)26(34)37-4-2/h5-12,19-21H,3-4,13H2,1-2H3. The van der Waals surface area contributed by atoms with E-state index in [9.17, 15) is 28.4 Å². The van der Waals surface area contributed by atoms with Crippen molar-refractivity contribution in [1.29, 1.82) is 0 Å². The molecule has 0 N–H and O–H groups in total. The number of hydrogen-bond donors (Lipinski definition) is 0. The number of anilines is 1. The molecule has 1 fully saturated rings. The zero-order chi connectivity index (χ0) is 27.8. The number of ether oxygens (including phenoxy) is 2. The summed E-state index contributed by atoms with van der Waals surface area (Å²) in [6.45, 7) is 3.37. The highest BCUT2D eigenvalue weighted by Crippen LogP contribution is 2.53. The highest BCUT2D eigenvalue weighted by Gasteiger charge is 2.56. The lowest BCUT2D eigenvalue weighted by molar-refractivity contribution is -0.144. The fourth-order valence-electron chi connectivity index (χ4n) is 4.84. The van der Waals surface area contributed by atoms with Gasteiger partial charge in [0.1, 0.15) is 17.6 Å². The average Bonchev–Trinajstić information content (AvgIpc) is 3.36. The van der Waals surface area contributed by atoms with Crippen LogP contribution in [-0.2, 0) is 30.4 Å². The number of rotatable bonds is 7. The lowest BCUT2D eigenvalue weighted by Crippen LogP contribution is -2.32. The fraction of sp³-hybridized carbons (Fsp3) is 0.296. The molecular formula is C27H23FN2O7S2. The Labute approximate surface area is 230 Å². The van der Waals surface area contributed by atoms with Crippen molar-refractivity contribution in [3.63, 3.8) is 0 Å². The van der Waals surface area contributed by atoms with E-state index in [1.165, 1.54) is 53.1 Å². The lowest BCUT2D eigenvalue weighted by atomic mass is 9.83. The Balaban J connectivity index is 1.57. The number of carbonyl (C=O) groups is 4. The third-order valence-corrected chi connectivity index (χ3v) is 9.11. The van der Waals surface area contributed by atoms with Crippen LogP contribution < -0.4 is 9.77 Å². The predicted octanol–water partition coefficient (Wildman–Crippen LogP) is 3.58. The van der Waals surface area contributed by atoms with Crippen LogP contribution in [0.1, 0.15) is 40.6 Å². The number of amides is 2. The average molecular weight is 571 g/mol. The van der Waals surface area contributed by atoms with Crippen LogP contribution >= 0.6 is 23.1 Å². The van der Waals surface area contributed by atoms with E-state index in [1.807, 2.05) is 0 Å². The van der Waals surface area contributed by atoms with Crippen LogP contribution in [0.5, 0.6) is 0 Å². The number of imide groups is 1. The maximum Gasteiger partial charge on any atom is 0.338 e. The van der Waals surface area contributed by atoms with Crippen LogP contribution in [0.2, 0.25) is 0 Å². The summed E-state index contributed by atoms with van der Waals surface area (Å²) < 4.78 is 25.1. The Morgan fingerprint density at radius 1 is 0.923 bits per heavy atom.